The van der Waals surface area contributed by atoms with E-state index in [4.69, 9.17) is 0 Å². The van der Waals surface area contributed by atoms with E-state index in [1.165, 1.54) is 11.3 Å². The molecule has 2 fully saturated rings. The molecule has 144 valence electrons. The van der Waals surface area contributed by atoms with E-state index in [1.807, 2.05) is 38.3 Å². The van der Waals surface area contributed by atoms with Crippen LogP contribution in [-0.4, -0.2) is 41.4 Å². The topological polar surface area (TPSA) is 61.4 Å². The molecular weight excluding hydrogens is 346 g/mol. The highest BCUT2D eigenvalue weighted by atomic mass is 32.1. The Labute approximate surface area is 160 Å². The molecule has 0 saturated carbocycles. The van der Waals surface area contributed by atoms with Crippen LogP contribution < -0.4 is 10.6 Å². The lowest BCUT2D eigenvalue weighted by Gasteiger charge is -2.49. The van der Waals surface area contributed by atoms with E-state index in [-0.39, 0.29) is 23.3 Å². The fourth-order valence-electron chi connectivity index (χ4n) is 4.08. The van der Waals surface area contributed by atoms with E-state index in [2.05, 4.69) is 15.5 Å². The first-order valence-electron chi connectivity index (χ1n) is 9.68. The predicted molar refractivity (Wildman–Crippen MR) is 105 cm³/mol. The molecule has 2 aliphatic heterocycles. The zero-order valence-electron chi connectivity index (χ0n) is 16.1. The number of hydrogen-bond donors (Lipinski definition) is 2. The highest BCUT2D eigenvalue weighted by molar-refractivity contribution is 7.09. The van der Waals surface area contributed by atoms with Crippen LogP contribution in [0, 0.1) is 5.41 Å². The van der Waals surface area contributed by atoms with E-state index < -0.39 is 0 Å². The van der Waals surface area contributed by atoms with Gasteiger partial charge in [-0.05, 0) is 37.1 Å². The summed E-state index contributed by atoms with van der Waals surface area (Å²) in [6.45, 7) is 6.95. The van der Waals surface area contributed by atoms with Crippen molar-refractivity contribution in [3.8, 4) is 0 Å². The molecule has 2 bridgehead atoms. The minimum atomic E-state index is -0.353. The third-order valence-corrected chi connectivity index (χ3v) is 6.38. The third kappa shape index (κ3) is 4.86. The molecule has 1 aromatic heterocycles. The van der Waals surface area contributed by atoms with Gasteiger partial charge in [-0.25, -0.2) is 0 Å². The predicted octanol–water partition coefficient (Wildman–Crippen LogP) is 2.91. The van der Waals surface area contributed by atoms with E-state index in [9.17, 15) is 9.59 Å². The number of thiophene rings is 1. The maximum Gasteiger partial charge on any atom is 0.234 e. The van der Waals surface area contributed by atoms with Gasteiger partial charge in [0.05, 0.1) is 13.1 Å². The van der Waals surface area contributed by atoms with Gasteiger partial charge in [-0.15, -0.1) is 11.3 Å². The van der Waals surface area contributed by atoms with Crippen molar-refractivity contribution >= 4 is 23.2 Å². The van der Waals surface area contributed by atoms with E-state index in [1.54, 1.807) is 11.3 Å². The molecule has 2 saturated heterocycles. The number of amides is 2. The van der Waals surface area contributed by atoms with Crippen LogP contribution in [-0.2, 0) is 16.1 Å². The first-order chi connectivity index (χ1) is 12.3. The average Bonchev–Trinajstić information content (AvgIpc) is 3.06. The molecule has 1 aromatic rings. The molecule has 0 unspecified atom stereocenters. The number of nitrogens with one attached hydrogen (secondary N) is 2. The van der Waals surface area contributed by atoms with Gasteiger partial charge in [0.2, 0.25) is 11.8 Å². The number of nitrogens with zero attached hydrogens (tertiary/aromatic N) is 1. The summed E-state index contributed by atoms with van der Waals surface area (Å²) in [4.78, 5) is 28.3. The SMILES string of the molecule is CC(C)(C)C(=O)NC1C[C@@H]2CCC[C@@H](C1)N2CC(=O)NCc1cccs1. The summed E-state index contributed by atoms with van der Waals surface area (Å²) in [6, 6.07) is 5.10. The summed E-state index contributed by atoms with van der Waals surface area (Å²) >= 11 is 1.67. The van der Waals surface area contributed by atoms with Gasteiger partial charge >= 0.3 is 0 Å². The van der Waals surface area contributed by atoms with Gasteiger partial charge in [0, 0.05) is 28.4 Å². The smallest absolute Gasteiger partial charge is 0.234 e. The Morgan fingerprint density at radius 3 is 2.50 bits per heavy atom. The normalized spacial score (nSPS) is 26.3. The van der Waals surface area contributed by atoms with Gasteiger partial charge in [0.25, 0.3) is 0 Å². The van der Waals surface area contributed by atoms with Crippen molar-refractivity contribution in [2.75, 3.05) is 6.54 Å². The Kier molecular flexibility index (Phi) is 6.03. The minimum Gasteiger partial charge on any atom is -0.353 e. The zero-order valence-corrected chi connectivity index (χ0v) is 16.9. The molecule has 5 nitrogen and oxygen atoms in total. The van der Waals surface area contributed by atoms with Gasteiger partial charge in [0.15, 0.2) is 0 Å². The largest absolute Gasteiger partial charge is 0.353 e. The van der Waals surface area contributed by atoms with Crippen molar-refractivity contribution in [3.05, 3.63) is 22.4 Å². The highest BCUT2D eigenvalue weighted by Gasteiger charge is 2.40. The van der Waals surface area contributed by atoms with Crippen LogP contribution >= 0.6 is 11.3 Å². The first kappa shape index (κ1) is 19.4. The second-order valence-corrected chi connectivity index (χ2v) is 9.69. The van der Waals surface area contributed by atoms with Crippen LogP contribution in [0.2, 0.25) is 0 Å². The van der Waals surface area contributed by atoms with E-state index >= 15 is 0 Å². The molecule has 2 amide bonds. The fourth-order valence-corrected chi connectivity index (χ4v) is 4.72. The van der Waals surface area contributed by atoms with Crippen LogP contribution in [0.5, 0.6) is 0 Å². The molecule has 3 rings (SSSR count). The number of rotatable bonds is 5. The molecule has 0 spiro atoms. The number of hydrogen-bond acceptors (Lipinski definition) is 4. The number of piperidine rings is 2. The summed E-state index contributed by atoms with van der Waals surface area (Å²) in [6.07, 6.45) is 5.38. The fraction of sp³-hybridized carbons (Fsp3) is 0.700. The van der Waals surface area contributed by atoms with Gasteiger partial charge in [-0.1, -0.05) is 33.3 Å². The second-order valence-electron chi connectivity index (χ2n) is 8.66. The van der Waals surface area contributed by atoms with Gasteiger partial charge in [0.1, 0.15) is 0 Å². The maximum absolute atomic E-state index is 12.4. The summed E-state index contributed by atoms with van der Waals surface area (Å²) in [7, 11) is 0. The Morgan fingerprint density at radius 2 is 1.92 bits per heavy atom. The first-order valence-corrected chi connectivity index (χ1v) is 10.6. The number of carbonyl (C=O) groups excluding carboxylic acids is 2. The molecule has 26 heavy (non-hydrogen) atoms. The Bertz CT molecular complexity index is 610. The second kappa shape index (κ2) is 8.09. The van der Waals surface area contributed by atoms with Crippen LogP contribution in [0.1, 0.15) is 57.8 Å². The van der Waals surface area contributed by atoms with E-state index in [0.29, 0.717) is 25.2 Å². The van der Waals surface area contributed by atoms with E-state index in [0.717, 1.165) is 25.7 Å². The molecule has 2 N–H and O–H groups in total. The molecule has 0 radical (unpaired) electrons. The van der Waals surface area contributed by atoms with Gasteiger partial charge in [-0.2, -0.15) is 0 Å². The molecular formula is C20H31N3O2S. The molecule has 0 aromatic carbocycles. The summed E-state index contributed by atoms with van der Waals surface area (Å²) in [5.74, 6) is 0.232. The highest BCUT2D eigenvalue weighted by Crippen LogP contribution is 2.34. The van der Waals surface area contributed by atoms with Crippen molar-refractivity contribution in [2.24, 2.45) is 5.41 Å². The molecule has 3 heterocycles. The lowest BCUT2D eigenvalue weighted by molar-refractivity contribution is -0.131. The van der Waals surface area contributed by atoms with Crippen LogP contribution in [0.25, 0.3) is 0 Å². The van der Waals surface area contributed by atoms with Crippen molar-refractivity contribution in [1.29, 1.82) is 0 Å². The van der Waals surface area contributed by atoms with Gasteiger partial charge in [-0.3, -0.25) is 14.5 Å². The average molecular weight is 378 g/mol. The van der Waals surface area contributed by atoms with Crippen LogP contribution in [0.4, 0.5) is 0 Å². The number of carbonyl (C=O) groups is 2. The van der Waals surface area contributed by atoms with Gasteiger partial charge < -0.3 is 10.6 Å². The minimum absolute atomic E-state index is 0.104. The van der Waals surface area contributed by atoms with Crippen molar-refractivity contribution < 1.29 is 9.59 Å². The monoisotopic (exact) mass is 377 g/mol. The summed E-state index contributed by atoms with van der Waals surface area (Å²) in [5, 5.41) is 8.32. The molecule has 0 aliphatic carbocycles. The standard InChI is InChI=1S/C20H31N3O2S/c1-20(2,3)19(25)22-14-10-15-6-4-7-16(11-14)23(15)13-18(24)21-12-17-8-5-9-26-17/h5,8-9,14-16H,4,6-7,10-13H2,1-3H3,(H,21,24)(H,22,25)/t15-,16-/m0/s1. The molecule has 6 heteroatoms. The van der Waals surface area contributed by atoms with Crippen LogP contribution in [0.3, 0.4) is 0 Å². The lowest BCUT2D eigenvalue weighted by atomic mass is 9.81. The summed E-state index contributed by atoms with van der Waals surface area (Å²) in [5.41, 5.74) is -0.353. The quantitative estimate of drug-likeness (QED) is 0.829. The van der Waals surface area contributed by atoms with Crippen molar-refractivity contribution in [1.82, 2.24) is 15.5 Å². The Morgan fingerprint density at radius 1 is 1.23 bits per heavy atom. The van der Waals surface area contributed by atoms with Crippen LogP contribution in [0.15, 0.2) is 17.5 Å². The molecule has 2 aliphatic rings. The summed E-state index contributed by atoms with van der Waals surface area (Å²) < 4.78 is 0. The third-order valence-electron chi connectivity index (χ3n) is 5.51. The van der Waals surface area contributed by atoms with Crippen molar-refractivity contribution in [3.63, 3.8) is 0 Å². The maximum atomic E-state index is 12.4. The van der Waals surface area contributed by atoms with Crippen molar-refractivity contribution in [2.45, 2.75) is 77.5 Å². The Balaban J connectivity index is 1.53. The lowest BCUT2D eigenvalue weighted by Crippen LogP contribution is -2.59. The Hall–Kier alpha value is -1.40. The molecule has 2 atom stereocenters. The number of fused-ring (bicyclic) bond motifs is 2. The zero-order chi connectivity index (χ0) is 18.7.